The van der Waals surface area contributed by atoms with Gasteiger partial charge in [0.05, 0.1) is 23.6 Å². The summed E-state index contributed by atoms with van der Waals surface area (Å²) in [6, 6.07) is -0.386. The van der Waals surface area contributed by atoms with E-state index in [2.05, 4.69) is 4.98 Å². The molecule has 0 saturated carbocycles. The van der Waals surface area contributed by atoms with Crippen molar-refractivity contribution in [3.8, 4) is 0 Å². The van der Waals surface area contributed by atoms with Gasteiger partial charge in [-0.1, -0.05) is 11.6 Å². The first-order valence-corrected chi connectivity index (χ1v) is 6.96. The van der Waals surface area contributed by atoms with Crippen LogP contribution >= 0.6 is 22.9 Å². The molecule has 0 radical (unpaired) electrons. The molecule has 1 aromatic heterocycles. The first-order valence-electron chi connectivity index (χ1n) is 5.77. The van der Waals surface area contributed by atoms with Gasteiger partial charge in [-0.15, -0.1) is 11.3 Å². The van der Waals surface area contributed by atoms with Gasteiger partial charge < -0.3 is 14.9 Å². The SMILES string of the molecule is CC1(C)OC[C@H](C[C@H](O)c2cnc(Cl)s2)N1C(=O)O. The summed E-state index contributed by atoms with van der Waals surface area (Å²) in [7, 11) is 0. The number of rotatable bonds is 3. The number of hydrogen-bond acceptors (Lipinski definition) is 5. The summed E-state index contributed by atoms with van der Waals surface area (Å²) in [6.07, 6.45) is -0.0887. The molecule has 2 N–H and O–H groups in total. The lowest BCUT2D eigenvalue weighted by Gasteiger charge is -2.31. The van der Waals surface area contributed by atoms with E-state index in [1.807, 2.05) is 0 Å². The average Bonchev–Trinajstić information content (AvgIpc) is 2.82. The standard InChI is InChI=1S/C11H15ClN2O4S/c1-11(2)14(10(16)17)6(5-18-11)3-7(15)8-4-13-9(12)19-8/h4,6-7,15H,3,5H2,1-2H3,(H,16,17)/t6-,7-/m0/s1. The van der Waals surface area contributed by atoms with Gasteiger partial charge in [0, 0.05) is 12.6 Å². The Bertz CT molecular complexity index is 479. The molecule has 19 heavy (non-hydrogen) atoms. The summed E-state index contributed by atoms with van der Waals surface area (Å²) in [4.78, 5) is 17.0. The second-order valence-electron chi connectivity index (χ2n) is 4.83. The monoisotopic (exact) mass is 306 g/mol. The third-order valence-corrected chi connectivity index (χ3v) is 4.32. The van der Waals surface area contributed by atoms with E-state index >= 15 is 0 Å². The number of thiazole rings is 1. The third-order valence-electron chi connectivity index (χ3n) is 3.10. The highest BCUT2D eigenvalue weighted by molar-refractivity contribution is 7.15. The lowest BCUT2D eigenvalue weighted by molar-refractivity contribution is -0.0430. The Morgan fingerprint density at radius 1 is 1.79 bits per heavy atom. The predicted octanol–water partition coefficient (Wildman–Crippen LogP) is 2.33. The Hall–Kier alpha value is -0.890. The van der Waals surface area contributed by atoms with Crippen molar-refractivity contribution in [1.82, 2.24) is 9.88 Å². The van der Waals surface area contributed by atoms with Crippen molar-refractivity contribution < 1.29 is 19.7 Å². The highest BCUT2D eigenvalue weighted by Gasteiger charge is 2.44. The number of carbonyl (C=O) groups is 1. The van der Waals surface area contributed by atoms with E-state index in [1.165, 1.54) is 22.4 Å². The van der Waals surface area contributed by atoms with Crippen molar-refractivity contribution >= 4 is 29.0 Å². The van der Waals surface area contributed by atoms with Gasteiger partial charge in [-0.3, -0.25) is 4.90 Å². The topological polar surface area (TPSA) is 82.9 Å². The zero-order valence-electron chi connectivity index (χ0n) is 10.5. The average molecular weight is 307 g/mol. The van der Waals surface area contributed by atoms with Crippen LogP contribution in [0, 0.1) is 0 Å². The molecular formula is C11H15ClN2O4S. The molecule has 6 nitrogen and oxygen atoms in total. The second kappa shape index (κ2) is 5.24. The molecule has 106 valence electrons. The summed E-state index contributed by atoms with van der Waals surface area (Å²) in [5.74, 6) is 0. The fourth-order valence-electron chi connectivity index (χ4n) is 2.24. The molecule has 1 saturated heterocycles. The Morgan fingerprint density at radius 3 is 3.00 bits per heavy atom. The van der Waals surface area contributed by atoms with Crippen LogP contribution in [-0.4, -0.2) is 44.6 Å². The molecular weight excluding hydrogens is 292 g/mol. The smallest absolute Gasteiger partial charge is 0.409 e. The minimum absolute atomic E-state index is 0.258. The van der Waals surface area contributed by atoms with Crippen LogP contribution in [0.2, 0.25) is 4.47 Å². The lowest BCUT2D eigenvalue weighted by atomic mass is 10.1. The maximum absolute atomic E-state index is 11.3. The molecule has 1 aliphatic rings. The van der Waals surface area contributed by atoms with Gasteiger partial charge in [0.25, 0.3) is 0 Å². The summed E-state index contributed by atoms with van der Waals surface area (Å²) >= 11 is 6.90. The van der Waals surface area contributed by atoms with Crippen molar-refractivity contribution in [2.24, 2.45) is 0 Å². The quantitative estimate of drug-likeness (QED) is 0.895. The molecule has 0 aliphatic carbocycles. The van der Waals surface area contributed by atoms with Crippen LogP contribution in [0.4, 0.5) is 4.79 Å². The van der Waals surface area contributed by atoms with Gasteiger partial charge in [0.15, 0.2) is 4.47 Å². The molecule has 2 rings (SSSR count). The zero-order valence-corrected chi connectivity index (χ0v) is 12.1. The molecule has 0 aromatic carbocycles. The summed E-state index contributed by atoms with van der Waals surface area (Å²) in [5, 5.41) is 19.3. The number of carboxylic acid groups (broad SMARTS) is 1. The van der Waals surface area contributed by atoms with Crippen molar-refractivity contribution in [3.63, 3.8) is 0 Å². The van der Waals surface area contributed by atoms with Gasteiger partial charge in [0.1, 0.15) is 5.72 Å². The summed E-state index contributed by atoms with van der Waals surface area (Å²) in [5.41, 5.74) is -0.873. The van der Waals surface area contributed by atoms with E-state index in [-0.39, 0.29) is 19.1 Å². The number of ether oxygens (including phenoxy) is 1. The zero-order chi connectivity index (χ0) is 14.2. The summed E-state index contributed by atoms with van der Waals surface area (Å²) < 4.78 is 5.82. The van der Waals surface area contributed by atoms with Crippen LogP contribution in [0.1, 0.15) is 31.2 Å². The van der Waals surface area contributed by atoms with Crippen molar-refractivity contribution in [2.75, 3.05) is 6.61 Å². The van der Waals surface area contributed by atoms with E-state index in [1.54, 1.807) is 13.8 Å². The maximum Gasteiger partial charge on any atom is 0.409 e. The number of aliphatic hydroxyl groups excluding tert-OH is 1. The largest absolute Gasteiger partial charge is 0.465 e. The van der Waals surface area contributed by atoms with Gasteiger partial charge in [0.2, 0.25) is 0 Å². The van der Waals surface area contributed by atoms with Crippen LogP contribution in [-0.2, 0) is 4.74 Å². The molecule has 0 unspecified atom stereocenters. The van der Waals surface area contributed by atoms with Gasteiger partial charge >= 0.3 is 6.09 Å². The molecule has 1 amide bonds. The van der Waals surface area contributed by atoms with Crippen LogP contribution in [0.3, 0.4) is 0 Å². The second-order valence-corrected chi connectivity index (χ2v) is 6.48. The molecule has 2 atom stereocenters. The Morgan fingerprint density at radius 2 is 2.47 bits per heavy atom. The van der Waals surface area contributed by atoms with Crippen LogP contribution in [0.15, 0.2) is 6.20 Å². The molecule has 1 aliphatic heterocycles. The number of hydrogen-bond donors (Lipinski definition) is 2. The molecule has 1 fully saturated rings. The lowest BCUT2D eigenvalue weighted by Crippen LogP contribution is -2.47. The van der Waals surface area contributed by atoms with Crippen molar-refractivity contribution in [3.05, 3.63) is 15.5 Å². The van der Waals surface area contributed by atoms with E-state index in [4.69, 9.17) is 16.3 Å². The maximum atomic E-state index is 11.3. The molecule has 0 spiro atoms. The number of amides is 1. The Kier molecular flexibility index (Phi) is 4.00. The van der Waals surface area contributed by atoms with Crippen molar-refractivity contribution in [1.29, 1.82) is 0 Å². The van der Waals surface area contributed by atoms with Gasteiger partial charge in [-0.2, -0.15) is 0 Å². The van der Waals surface area contributed by atoms with Gasteiger partial charge in [-0.25, -0.2) is 9.78 Å². The fourth-order valence-corrected chi connectivity index (χ4v) is 3.19. The highest BCUT2D eigenvalue weighted by atomic mass is 35.5. The van der Waals surface area contributed by atoms with Crippen molar-refractivity contribution in [2.45, 2.75) is 38.1 Å². The number of aromatic nitrogens is 1. The molecule has 1 aromatic rings. The van der Waals surface area contributed by atoms with Gasteiger partial charge in [-0.05, 0) is 13.8 Å². The molecule has 0 bridgehead atoms. The normalized spacial score (nSPS) is 23.6. The predicted molar refractivity (Wildman–Crippen MR) is 70.4 cm³/mol. The van der Waals surface area contributed by atoms with Crippen LogP contribution in [0.5, 0.6) is 0 Å². The Labute approximate surface area is 119 Å². The Balaban J connectivity index is 2.08. The number of aliphatic hydroxyl groups is 1. The first-order chi connectivity index (χ1) is 8.81. The highest BCUT2D eigenvalue weighted by Crippen LogP contribution is 2.34. The third kappa shape index (κ3) is 3.00. The van der Waals surface area contributed by atoms with Crippen LogP contribution < -0.4 is 0 Å². The van der Waals surface area contributed by atoms with Crippen LogP contribution in [0.25, 0.3) is 0 Å². The van der Waals surface area contributed by atoms with E-state index in [0.717, 1.165) is 0 Å². The fraction of sp³-hybridized carbons (Fsp3) is 0.636. The minimum Gasteiger partial charge on any atom is -0.465 e. The van der Waals surface area contributed by atoms with E-state index in [9.17, 15) is 15.0 Å². The first kappa shape index (κ1) is 14.5. The van der Waals surface area contributed by atoms with E-state index < -0.39 is 17.9 Å². The van der Waals surface area contributed by atoms with E-state index in [0.29, 0.717) is 9.34 Å². The number of nitrogens with zero attached hydrogens (tertiary/aromatic N) is 2. The molecule has 8 heteroatoms. The number of halogens is 1. The minimum atomic E-state index is -1.05. The summed E-state index contributed by atoms with van der Waals surface area (Å²) in [6.45, 7) is 3.65. The molecule has 2 heterocycles.